The third-order valence-electron chi connectivity index (χ3n) is 1.32. The van der Waals surface area contributed by atoms with Crippen molar-refractivity contribution in [3.05, 3.63) is 0 Å². The van der Waals surface area contributed by atoms with Crippen molar-refractivity contribution in [2.24, 2.45) is 0 Å². The first-order valence-corrected chi connectivity index (χ1v) is 4.17. The lowest BCUT2D eigenvalue weighted by molar-refractivity contribution is -0.145. The number of hydrogen-bond donors (Lipinski definition) is 3. The average molecular weight is 223 g/mol. The monoisotopic (exact) mass is 223 g/mol. The molecule has 0 spiro atoms. The van der Waals surface area contributed by atoms with Crippen LogP contribution < -0.4 is 0 Å². The fourth-order valence-corrected chi connectivity index (χ4v) is 0.967. The second-order valence-electron chi connectivity index (χ2n) is 2.48. The van der Waals surface area contributed by atoms with Gasteiger partial charge in [0.05, 0.1) is 13.1 Å². The lowest BCUT2D eigenvalue weighted by Crippen LogP contribution is -2.43. The molecule has 2 atom stereocenters. The molecule has 0 aromatic rings. The maximum atomic E-state index is 10.5. The minimum Gasteiger partial charge on any atom is -0.480 e. The van der Waals surface area contributed by atoms with E-state index >= 15 is 0 Å². The Balaban J connectivity index is 4.45. The molecule has 0 saturated heterocycles. The Kier molecular flexibility index (Phi) is 5.04. The van der Waals surface area contributed by atoms with Crippen molar-refractivity contribution < 1.29 is 29.7 Å². The van der Waals surface area contributed by atoms with Gasteiger partial charge in [0.1, 0.15) is 5.78 Å². The molecule has 0 aliphatic heterocycles. The highest BCUT2D eigenvalue weighted by Gasteiger charge is 2.24. The maximum absolute atomic E-state index is 10.5. The van der Waals surface area contributed by atoms with Crippen molar-refractivity contribution in [2.75, 3.05) is 13.1 Å². The predicted octanol–water partition coefficient (Wildman–Crippen LogP) is -1.26. The van der Waals surface area contributed by atoms with E-state index in [9.17, 15) is 14.4 Å². The summed E-state index contributed by atoms with van der Waals surface area (Å²) >= 11 is 0. The van der Waals surface area contributed by atoms with Gasteiger partial charge >= 0.3 is 17.9 Å². The van der Waals surface area contributed by atoms with E-state index in [-0.39, 0.29) is 0 Å². The van der Waals surface area contributed by atoms with Crippen molar-refractivity contribution in [3.63, 3.8) is 0 Å². The normalized spacial score (nSPS) is 12.4. The molecule has 0 aliphatic rings. The van der Waals surface area contributed by atoms with E-state index in [0.29, 0.717) is 0 Å². The van der Waals surface area contributed by atoms with E-state index in [1.807, 2.05) is 9.24 Å². The van der Waals surface area contributed by atoms with Crippen LogP contribution in [-0.2, 0) is 14.4 Å². The molecule has 7 nitrogen and oxygen atoms in total. The molecule has 0 fully saturated rings. The third-order valence-corrected chi connectivity index (χ3v) is 2.03. The second-order valence-corrected chi connectivity index (χ2v) is 3.11. The summed E-state index contributed by atoms with van der Waals surface area (Å²) in [7, 11) is 1.87. The smallest absolute Gasteiger partial charge is 0.324 e. The first-order valence-electron chi connectivity index (χ1n) is 3.50. The van der Waals surface area contributed by atoms with Crippen LogP contribution in [0.5, 0.6) is 0 Å². The van der Waals surface area contributed by atoms with E-state index in [1.165, 1.54) is 0 Å². The van der Waals surface area contributed by atoms with Gasteiger partial charge in [0, 0.05) is 0 Å². The van der Waals surface area contributed by atoms with Crippen LogP contribution in [-0.4, -0.2) is 57.0 Å². The van der Waals surface area contributed by atoms with Crippen LogP contribution in [0.2, 0.25) is 0 Å². The highest BCUT2D eigenvalue weighted by Crippen LogP contribution is 2.07. The summed E-state index contributed by atoms with van der Waals surface area (Å²) in [4.78, 5) is 31.8. The molecule has 14 heavy (non-hydrogen) atoms. The summed E-state index contributed by atoms with van der Waals surface area (Å²) < 4.78 is 0. The second kappa shape index (κ2) is 5.51. The summed E-state index contributed by atoms with van der Waals surface area (Å²) in [5, 5.41) is 25.3. The number of aliphatic carboxylic acids is 3. The Morgan fingerprint density at radius 2 is 1.43 bits per heavy atom. The molecule has 0 aromatic carbocycles. The minimum absolute atomic E-state index is 0.632. The quantitative estimate of drug-likeness (QED) is 0.481. The summed E-state index contributed by atoms with van der Waals surface area (Å²) in [5.74, 6) is -5.07. The zero-order chi connectivity index (χ0) is 11.3. The maximum Gasteiger partial charge on any atom is 0.324 e. The van der Waals surface area contributed by atoms with Crippen LogP contribution in [0.1, 0.15) is 0 Å². The van der Waals surface area contributed by atoms with Gasteiger partial charge in [-0.05, 0) is 0 Å². The average Bonchev–Trinajstić information content (AvgIpc) is 1.99. The molecular weight excluding hydrogens is 213 g/mol. The fourth-order valence-electron chi connectivity index (χ4n) is 0.756. The minimum atomic E-state index is -1.29. The lowest BCUT2D eigenvalue weighted by atomic mass is 10.4. The summed E-state index contributed by atoms with van der Waals surface area (Å²) in [6.45, 7) is -1.26. The van der Waals surface area contributed by atoms with Crippen molar-refractivity contribution in [1.29, 1.82) is 0 Å². The molecule has 0 saturated carbocycles. The number of hydrogen-bond acceptors (Lipinski definition) is 4. The number of carboxylic acid groups (broad SMARTS) is 3. The van der Waals surface area contributed by atoms with Gasteiger partial charge in [0.15, 0.2) is 0 Å². The van der Waals surface area contributed by atoms with Gasteiger partial charge in [0.25, 0.3) is 0 Å². The van der Waals surface area contributed by atoms with Crippen LogP contribution in [0, 0.1) is 0 Å². The van der Waals surface area contributed by atoms with Gasteiger partial charge in [-0.25, -0.2) is 0 Å². The van der Waals surface area contributed by atoms with Crippen molar-refractivity contribution in [2.45, 2.75) is 5.78 Å². The van der Waals surface area contributed by atoms with Crippen molar-refractivity contribution in [1.82, 2.24) is 4.90 Å². The standard InChI is InChI=1S/C6H10NO6P/c8-3(9)1-7(2-4(10)11)5(14)6(12)13/h5H,1-2,14H2,(H,8,9)(H,10,11)(H,12,13). The molecule has 0 radical (unpaired) electrons. The third kappa shape index (κ3) is 4.74. The Bertz CT molecular complexity index is 239. The van der Waals surface area contributed by atoms with Gasteiger partial charge in [0.2, 0.25) is 0 Å². The van der Waals surface area contributed by atoms with Gasteiger partial charge in [-0.15, -0.1) is 9.24 Å². The summed E-state index contributed by atoms with van der Waals surface area (Å²) in [6, 6.07) is 0. The van der Waals surface area contributed by atoms with Gasteiger partial charge in [-0.1, -0.05) is 0 Å². The van der Waals surface area contributed by atoms with E-state index in [4.69, 9.17) is 15.3 Å². The van der Waals surface area contributed by atoms with Crippen LogP contribution in [0.15, 0.2) is 0 Å². The molecule has 0 aromatic heterocycles. The largest absolute Gasteiger partial charge is 0.480 e. The zero-order valence-corrected chi connectivity index (χ0v) is 8.24. The molecule has 8 heteroatoms. The van der Waals surface area contributed by atoms with Crippen LogP contribution in [0.25, 0.3) is 0 Å². The molecule has 80 valence electrons. The topological polar surface area (TPSA) is 115 Å². The van der Waals surface area contributed by atoms with Gasteiger partial charge < -0.3 is 15.3 Å². The Morgan fingerprint density at radius 3 is 1.64 bits per heavy atom. The molecule has 0 rings (SSSR count). The lowest BCUT2D eigenvalue weighted by Gasteiger charge is -2.21. The first kappa shape index (κ1) is 12.8. The van der Waals surface area contributed by atoms with Gasteiger partial charge in [-0.2, -0.15) is 0 Å². The molecule has 0 heterocycles. The highest BCUT2D eigenvalue weighted by atomic mass is 31.0. The summed E-state index contributed by atoms with van der Waals surface area (Å²) in [5.41, 5.74) is 0. The Hall–Kier alpha value is -1.20. The fraction of sp³-hybridized carbons (Fsp3) is 0.500. The van der Waals surface area contributed by atoms with Crippen LogP contribution in [0.3, 0.4) is 0 Å². The molecule has 3 N–H and O–H groups in total. The van der Waals surface area contributed by atoms with Crippen molar-refractivity contribution >= 4 is 27.1 Å². The van der Waals surface area contributed by atoms with Gasteiger partial charge in [-0.3, -0.25) is 19.3 Å². The predicted molar refractivity (Wildman–Crippen MR) is 48.0 cm³/mol. The van der Waals surface area contributed by atoms with Crippen LogP contribution >= 0.6 is 9.24 Å². The number of nitrogens with zero attached hydrogens (tertiary/aromatic N) is 1. The van der Waals surface area contributed by atoms with E-state index in [0.717, 1.165) is 4.90 Å². The molecule has 0 bridgehead atoms. The molecule has 2 unspecified atom stereocenters. The van der Waals surface area contributed by atoms with E-state index in [2.05, 4.69) is 0 Å². The Labute approximate surface area is 81.5 Å². The Morgan fingerprint density at radius 1 is 1.07 bits per heavy atom. The number of carboxylic acids is 3. The van der Waals surface area contributed by atoms with E-state index < -0.39 is 36.8 Å². The molecular formula is C6H10NO6P. The zero-order valence-electron chi connectivity index (χ0n) is 7.08. The molecule has 0 amide bonds. The number of carbonyl (C=O) groups is 3. The van der Waals surface area contributed by atoms with E-state index in [1.54, 1.807) is 0 Å². The summed E-state index contributed by atoms with van der Waals surface area (Å²) in [6.07, 6.45) is 0. The number of rotatable bonds is 6. The van der Waals surface area contributed by atoms with Crippen LogP contribution in [0.4, 0.5) is 0 Å². The highest BCUT2D eigenvalue weighted by molar-refractivity contribution is 7.19. The first-order chi connectivity index (χ1) is 6.34. The molecule has 0 aliphatic carbocycles. The SMILES string of the molecule is O=C(O)CN(CC(=O)O)C(P)C(=O)O. The van der Waals surface area contributed by atoms with Crippen molar-refractivity contribution in [3.8, 4) is 0 Å².